The van der Waals surface area contributed by atoms with Gasteiger partial charge in [0.05, 0.1) is 16.8 Å². The number of nitrogens with one attached hydrogen (secondary N) is 1. The molecule has 1 aliphatic carbocycles. The Bertz CT molecular complexity index is 1330. The summed E-state index contributed by atoms with van der Waals surface area (Å²) in [6.45, 7) is 3.17. The van der Waals surface area contributed by atoms with E-state index in [4.69, 9.17) is 23.2 Å². The molecule has 2 nitrogen and oxygen atoms in total. The normalized spacial score (nSPS) is 22.3. The fourth-order valence-corrected chi connectivity index (χ4v) is 6.12. The van der Waals surface area contributed by atoms with Crippen LogP contribution in [0.15, 0.2) is 66.7 Å². The maximum Gasteiger partial charge on any atom is 0.0655 e. The third kappa shape index (κ3) is 2.57. The van der Waals surface area contributed by atoms with Gasteiger partial charge in [-0.15, -0.1) is 0 Å². The van der Waals surface area contributed by atoms with E-state index in [-0.39, 0.29) is 6.04 Å². The highest BCUT2D eigenvalue weighted by atomic mass is 35.5. The van der Waals surface area contributed by atoms with Crippen LogP contribution in [0, 0.1) is 5.92 Å². The van der Waals surface area contributed by atoms with E-state index in [9.17, 15) is 0 Å². The first-order chi connectivity index (χ1) is 14.7. The minimum atomic E-state index is 0.212. The van der Waals surface area contributed by atoms with E-state index in [1.54, 1.807) is 0 Å². The van der Waals surface area contributed by atoms with E-state index in [0.717, 1.165) is 18.7 Å². The molecule has 0 radical (unpaired) electrons. The van der Waals surface area contributed by atoms with Gasteiger partial charge in [-0.2, -0.15) is 0 Å². The summed E-state index contributed by atoms with van der Waals surface area (Å²) >= 11 is 12.9. The molecule has 1 aliphatic heterocycles. The molecule has 30 heavy (non-hydrogen) atoms. The first-order valence-corrected chi connectivity index (χ1v) is 11.3. The van der Waals surface area contributed by atoms with Gasteiger partial charge in [-0.1, -0.05) is 59.6 Å². The Labute approximate surface area is 186 Å². The number of aromatic nitrogens is 1. The molecular formula is C26H22Cl2N2. The maximum atomic E-state index is 6.61. The van der Waals surface area contributed by atoms with Crippen molar-refractivity contribution < 1.29 is 0 Å². The van der Waals surface area contributed by atoms with Crippen LogP contribution in [0.2, 0.25) is 10.0 Å². The van der Waals surface area contributed by atoms with Gasteiger partial charge in [0, 0.05) is 39.3 Å². The van der Waals surface area contributed by atoms with E-state index in [1.807, 2.05) is 6.07 Å². The fraction of sp³-hybridized carbons (Fsp3) is 0.231. The number of para-hydroxylation sites is 1. The minimum absolute atomic E-state index is 0.212. The molecule has 4 aromatic rings. The van der Waals surface area contributed by atoms with Crippen LogP contribution in [-0.4, -0.2) is 4.57 Å². The SMILES string of the molecule is CCn1c2ccccc2c2cc(C3Nc4c(Cl)cc(Cl)cc4C4C=CCC43)ccc21. The largest absolute Gasteiger partial charge is 0.376 e. The number of halogens is 2. The Balaban J connectivity index is 1.53. The first kappa shape index (κ1) is 18.4. The van der Waals surface area contributed by atoms with Crippen molar-refractivity contribution in [2.75, 3.05) is 5.32 Å². The lowest BCUT2D eigenvalue weighted by Crippen LogP contribution is -2.29. The molecule has 3 atom stereocenters. The number of anilines is 1. The molecule has 0 saturated heterocycles. The molecule has 150 valence electrons. The number of rotatable bonds is 2. The highest BCUT2D eigenvalue weighted by Crippen LogP contribution is 2.52. The van der Waals surface area contributed by atoms with Crippen molar-refractivity contribution in [2.24, 2.45) is 5.92 Å². The number of hydrogen-bond donors (Lipinski definition) is 1. The molecule has 2 heterocycles. The molecule has 3 unspecified atom stereocenters. The highest BCUT2D eigenvalue weighted by molar-refractivity contribution is 6.36. The Morgan fingerprint density at radius 3 is 2.70 bits per heavy atom. The Kier molecular flexibility index (Phi) is 4.16. The highest BCUT2D eigenvalue weighted by Gasteiger charge is 2.39. The standard InChI is InChI=1S/C26H22Cl2N2/c1-2-30-23-9-4-3-6-18(23)20-12-15(10-11-24(20)30)25-19-8-5-7-17(19)21-13-16(27)14-22(28)26(21)29-25/h3-7,9-14,17,19,25,29H,2,8H2,1H3. The summed E-state index contributed by atoms with van der Waals surface area (Å²) in [6.07, 6.45) is 5.68. The van der Waals surface area contributed by atoms with Crippen LogP contribution < -0.4 is 5.32 Å². The van der Waals surface area contributed by atoms with Gasteiger partial charge in [-0.05, 0) is 60.7 Å². The number of fused-ring (bicyclic) bond motifs is 6. The quantitative estimate of drug-likeness (QED) is 0.318. The number of hydrogen-bond acceptors (Lipinski definition) is 1. The molecule has 1 N–H and O–H groups in total. The third-order valence-corrected chi connectivity index (χ3v) is 7.37. The summed E-state index contributed by atoms with van der Waals surface area (Å²) in [6, 6.07) is 19.8. The Hall–Kier alpha value is -2.42. The topological polar surface area (TPSA) is 17.0 Å². The molecule has 4 heteroatoms. The van der Waals surface area contributed by atoms with E-state index in [2.05, 4.69) is 77.5 Å². The minimum Gasteiger partial charge on any atom is -0.376 e. The maximum absolute atomic E-state index is 6.61. The molecule has 0 bridgehead atoms. The van der Waals surface area contributed by atoms with Crippen LogP contribution in [-0.2, 0) is 6.54 Å². The van der Waals surface area contributed by atoms with Crippen LogP contribution in [0.1, 0.15) is 36.4 Å². The summed E-state index contributed by atoms with van der Waals surface area (Å²) in [4.78, 5) is 0. The molecule has 2 aliphatic rings. The van der Waals surface area contributed by atoms with Gasteiger partial charge >= 0.3 is 0 Å². The summed E-state index contributed by atoms with van der Waals surface area (Å²) in [5, 5.41) is 7.82. The van der Waals surface area contributed by atoms with Crippen LogP contribution in [0.25, 0.3) is 21.8 Å². The van der Waals surface area contributed by atoms with Crippen molar-refractivity contribution in [3.05, 3.63) is 87.9 Å². The number of aryl methyl sites for hydroxylation is 1. The molecule has 0 saturated carbocycles. The zero-order valence-electron chi connectivity index (χ0n) is 16.7. The summed E-state index contributed by atoms with van der Waals surface area (Å²) in [7, 11) is 0. The predicted molar refractivity (Wildman–Crippen MR) is 128 cm³/mol. The third-order valence-electron chi connectivity index (χ3n) is 6.86. The Morgan fingerprint density at radius 2 is 1.83 bits per heavy atom. The van der Waals surface area contributed by atoms with Gasteiger partial charge in [0.1, 0.15) is 0 Å². The van der Waals surface area contributed by atoms with Crippen LogP contribution in [0.5, 0.6) is 0 Å². The van der Waals surface area contributed by atoms with E-state index >= 15 is 0 Å². The smallest absolute Gasteiger partial charge is 0.0655 e. The van der Waals surface area contributed by atoms with Crippen molar-refractivity contribution >= 4 is 50.7 Å². The van der Waals surface area contributed by atoms with Gasteiger partial charge in [0.25, 0.3) is 0 Å². The lowest BCUT2D eigenvalue weighted by molar-refractivity contribution is 0.426. The van der Waals surface area contributed by atoms with Crippen molar-refractivity contribution in [3.8, 4) is 0 Å². The lowest BCUT2D eigenvalue weighted by Gasteiger charge is -2.38. The first-order valence-electron chi connectivity index (χ1n) is 10.6. The lowest BCUT2D eigenvalue weighted by atomic mass is 9.77. The van der Waals surface area contributed by atoms with E-state index < -0.39 is 0 Å². The van der Waals surface area contributed by atoms with Crippen molar-refractivity contribution in [1.82, 2.24) is 4.57 Å². The molecule has 3 aromatic carbocycles. The van der Waals surface area contributed by atoms with Crippen LogP contribution >= 0.6 is 23.2 Å². The van der Waals surface area contributed by atoms with Gasteiger partial charge < -0.3 is 9.88 Å². The van der Waals surface area contributed by atoms with E-state index in [0.29, 0.717) is 21.9 Å². The number of benzene rings is 3. The van der Waals surface area contributed by atoms with Crippen LogP contribution in [0.4, 0.5) is 5.69 Å². The molecule has 0 amide bonds. The molecular weight excluding hydrogens is 411 g/mol. The van der Waals surface area contributed by atoms with Gasteiger partial charge in [0.15, 0.2) is 0 Å². The monoisotopic (exact) mass is 432 g/mol. The summed E-state index contributed by atoms with van der Waals surface area (Å²) in [5.74, 6) is 0.805. The molecule has 0 fully saturated rings. The second-order valence-electron chi connectivity index (χ2n) is 8.37. The van der Waals surface area contributed by atoms with Gasteiger partial charge in [-0.25, -0.2) is 0 Å². The zero-order valence-corrected chi connectivity index (χ0v) is 18.2. The second kappa shape index (κ2) is 6.80. The van der Waals surface area contributed by atoms with Crippen molar-refractivity contribution in [3.63, 3.8) is 0 Å². The Morgan fingerprint density at radius 1 is 1.00 bits per heavy atom. The average molecular weight is 433 g/mol. The number of nitrogens with zero attached hydrogens (tertiary/aromatic N) is 1. The average Bonchev–Trinajstić information content (AvgIpc) is 3.36. The predicted octanol–water partition coefficient (Wildman–Crippen LogP) is 7.95. The summed E-state index contributed by atoms with van der Waals surface area (Å²) < 4.78 is 2.40. The van der Waals surface area contributed by atoms with Crippen molar-refractivity contribution in [1.29, 1.82) is 0 Å². The van der Waals surface area contributed by atoms with Gasteiger partial charge in [0.2, 0.25) is 0 Å². The van der Waals surface area contributed by atoms with Crippen LogP contribution in [0.3, 0.4) is 0 Å². The zero-order chi connectivity index (χ0) is 20.4. The molecule has 0 spiro atoms. The van der Waals surface area contributed by atoms with E-state index in [1.165, 1.54) is 32.9 Å². The molecule has 1 aromatic heterocycles. The fourth-order valence-electron chi connectivity index (χ4n) is 5.56. The summed E-state index contributed by atoms with van der Waals surface area (Å²) in [5.41, 5.74) is 6.15. The molecule has 6 rings (SSSR count). The van der Waals surface area contributed by atoms with Crippen molar-refractivity contribution in [2.45, 2.75) is 31.8 Å². The number of allylic oxidation sites excluding steroid dienone is 2. The second-order valence-corrected chi connectivity index (χ2v) is 9.21. The van der Waals surface area contributed by atoms with Gasteiger partial charge in [-0.3, -0.25) is 0 Å².